The third-order valence-electron chi connectivity index (χ3n) is 2.42. The molecule has 1 aromatic carbocycles. The van der Waals surface area contributed by atoms with Crippen molar-refractivity contribution in [2.75, 3.05) is 6.54 Å². The molecule has 0 spiro atoms. The van der Waals surface area contributed by atoms with Crippen molar-refractivity contribution >= 4 is 11.6 Å². The summed E-state index contributed by atoms with van der Waals surface area (Å²) in [6.45, 7) is 2.73. The summed E-state index contributed by atoms with van der Waals surface area (Å²) in [4.78, 5) is 0. The van der Waals surface area contributed by atoms with Crippen LogP contribution >= 0.6 is 11.6 Å². The molecule has 0 bridgehead atoms. The molecule has 0 aliphatic carbocycles. The highest BCUT2D eigenvalue weighted by molar-refractivity contribution is 6.30. The lowest BCUT2D eigenvalue weighted by molar-refractivity contribution is 0.516. The Balaban J connectivity index is 2.72. The SMILES string of the molecule is CCC(CN)Cc1ccc(Cl)c(F)c1. The summed E-state index contributed by atoms with van der Waals surface area (Å²) in [5.41, 5.74) is 6.54. The second kappa shape index (κ2) is 5.32. The summed E-state index contributed by atoms with van der Waals surface area (Å²) in [5.74, 6) is 0.0756. The van der Waals surface area contributed by atoms with Crippen LogP contribution in [-0.2, 0) is 6.42 Å². The maximum Gasteiger partial charge on any atom is 0.142 e. The van der Waals surface area contributed by atoms with Crippen LogP contribution in [0.2, 0.25) is 5.02 Å². The molecular formula is C11H15ClFN. The van der Waals surface area contributed by atoms with Crippen molar-refractivity contribution in [1.82, 2.24) is 0 Å². The Morgan fingerprint density at radius 3 is 2.71 bits per heavy atom. The van der Waals surface area contributed by atoms with Gasteiger partial charge in [0.25, 0.3) is 0 Å². The van der Waals surface area contributed by atoms with Gasteiger partial charge in [-0.05, 0) is 36.6 Å². The van der Waals surface area contributed by atoms with Crippen LogP contribution in [0.15, 0.2) is 18.2 Å². The highest BCUT2D eigenvalue weighted by Gasteiger charge is 2.07. The summed E-state index contributed by atoms with van der Waals surface area (Å²) in [6, 6.07) is 4.93. The van der Waals surface area contributed by atoms with E-state index in [0.717, 1.165) is 18.4 Å². The van der Waals surface area contributed by atoms with E-state index in [1.165, 1.54) is 6.07 Å². The third kappa shape index (κ3) is 2.96. The van der Waals surface area contributed by atoms with Gasteiger partial charge < -0.3 is 5.73 Å². The lowest BCUT2D eigenvalue weighted by atomic mass is 9.97. The van der Waals surface area contributed by atoms with Crippen LogP contribution in [0.1, 0.15) is 18.9 Å². The minimum atomic E-state index is -0.351. The predicted octanol–water partition coefficient (Wildman–Crippen LogP) is 3.01. The maximum absolute atomic E-state index is 13.1. The summed E-state index contributed by atoms with van der Waals surface area (Å²) in [7, 11) is 0. The van der Waals surface area contributed by atoms with Crippen molar-refractivity contribution in [3.8, 4) is 0 Å². The van der Waals surface area contributed by atoms with E-state index in [9.17, 15) is 4.39 Å². The fourth-order valence-electron chi connectivity index (χ4n) is 1.39. The Hall–Kier alpha value is -0.600. The van der Waals surface area contributed by atoms with Crippen LogP contribution in [0.3, 0.4) is 0 Å². The van der Waals surface area contributed by atoms with Gasteiger partial charge in [-0.1, -0.05) is 31.0 Å². The van der Waals surface area contributed by atoms with Crippen LogP contribution in [0.4, 0.5) is 4.39 Å². The molecule has 0 heterocycles. The van der Waals surface area contributed by atoms with Crippen molar-refractivity contribution in [2.45, 2.75) is 19.8 Å². The molecular weight excluding hydrogens is 201 g/mol. The summed E-state index contributed by atoms with van der Waals surface area (Å²) in [5, 5.41) is 0.176. The van der Waals surface area contributed by atoms with Gasteiger partial charge >= 0.3 is 0 Å². The van der Waals surface area contributed by atoms with Crippen molar-refractivity contribution in [2.24, 2.45) is 11.7 Å². The van der Waals surface area contributed by atoms with Crippen molar-refractivity contribution in [3.63, 3.8) is 0 Å². The predicted molar refractivity (Wildman–Crippen MR) is 57.9 cm³/mol. The van der Waals surface area contributed by atoms with Gasteiger partial charge in [-0.25, -0.2) is 4.39 Å². The number of hydrogen-bond acceptors (Lipinski definition) is 1. The monoisotopic (exact) mass is 215 g/mol. The number of benzene rings is 1. The van der Waals surface area contributed by atoms with Gasteiger partial charge in [0.1, 0.15) is 5.82 Å². The first-order valence-electron chi connectivity index (χ1n) is 4.81. The number of halogens is 2. The lowest BCUT2D eigenvalue weighted by Crippen LogP contribution is -2.15. The van der Waals surface area contributed by atoms with E-state index in [1.54, 1.807) is 6.07 Å². The topological polar surface area (TPSA) is 26.0 Å². The van der Waals surface area contributed by atoms with E-state index in [0.29, 0.717) is 12.5 Å². The van der Waals surface area contributed by atoms with Gasteiger partial charge in [0.05, 0.1) is 5.02 Å². The zero-order chi connectivity index (χ0) is 10.6. The van der Waals surface area contributed by atoms with E-state index < -0.39 is 0 Å². The van der Waals surface area contributed by atoms with Gasteiger partial charge in [0.15, 0.2) is 0 Å². The second-order valence-electron chi connectivity index (χ2n) is 3.46. The first-order chi connectivity index (χ1) is 6.67. The zero-order valence-electron chi connectivity index (χ0n) is 8.26. The molecule has 1 unspecified atom stereocenters. The van der Waals surface area contributed by atoms with Crippen LogP contribution < -0.4 is 5.73 Å². The molecule has 0 radical (unpaired) electrons. The van der Waals surface area contributed by atoms with Crippen LogP contribution in [0.25, 0.3) is 0 Å². The molecule has 1 aromatic rings. The Labute approximate surface area is 89.1 Å². The van der Waals surface area contributed by atoms with Crippen LogP contribution in [-0.4, -0.2) is 6.54 Å². The van der Waals surface area contributed by atoms with Gasteiger partial charge in [-0.2, -0.15) is 0 Å². The van der Waals surface area contributed by atoms with E-state index >= 15 is 0 Å². The highest BCUT2D eigenvalue weighted by Crippen LogP contribution is 2.18. The third-order valence-corrected chi connectivity index (χ3v) is 2.73. The molecule has 1 atom stereocenters. The fourth-order valence-corrected chi connectivity index (χ4v) is 1.51. The Kier molecular flexibility index (Phi) is 4.36. The molecule has 0 aromatic heterocycles. The zero-order valence-corrected chi connectivity index (χ0v) is 9.02. The lowest BCUT2D eigenvalue weighted by Gasteiger charge is -2.11. The molecule has 3 heteroatoms. The molecule has 0 amide bonds. The molecule has 78 valence electrons. The minimum absolute atomic E-state index is 0.176. The van der Waals surface area contributed by atoms with E-state index in [-0.39, 0.29) is 10.8 Å². The smallest absolute Gasteiger partial charge is 0.142 e. The van der Waals surface area contributed by atoms with Gasteiger partial charge in [0, 0.05) is 0 Å². The van der Waals surface area contributed by atoms with E-state index in [1.807, 2.05) is 6.07 Å². The van der Waals surface area contributed by atoms with Crippen molar-refractivity contribution < 1.29 is 4.39 Å². The molecule has 1 nitrogen and oxygen atoms in total. The van der Waals surface area contributed by atoms with E-state index in [4.69, 9.17) is 17.3 Å². The highest BCUT2D eigenvalue weighted by atomic mass is 35.5. The molecule has 1 rings (SSSR count). The molecule has 0 aliphatic heterocycles. The molecule has 0 aliphatic rings. The molecule has 0 saturated carbocycles. The molecule has 0 fully saturated rings. The van der Waals surface area contributed by atoms with Crippen LogP contribution in [0, 0.1) is 11.7 Å². The van der Waals surface area contributed by atoms with Crippen LogP contribution in [0.5, 0.6) is 0 Å². The van der Waals surface area contributed by atoms with Gasteiger partial charge in [0.2, 0.25) is 0 Å². The minimum Gasteiger partial charge on any atom is -0.330 e. The summed E-state index contributed by atoms with van der Waals surface area (Å²) < 4.78 is 13.1. The Morgan fingerprint density at radius 2 is 2.21 bits per heavy atom. The summed E-state index contributed by atoms with van der Waals surface area (Å²) in [6.07, 6.45) is 1.84. The number of hydrogen-bond donors (Lipinski definition) is 1. The van der Waals surface area contributed by atoms with Gasteiger partial charge in [-0.15, -0.1) is 0 Å². The first-order valence-corrected chi connectivity index (χ1v) is 5.19. The molecule has 0 saturated heterocycles. The average molecular weight is 216 g/mol. The molecule has 2 N–H and O–H groups in total. The summed E-state index contributed by atoms with van der Waals surface area (Å²) >= 11 is 5.59. The Bertz CT molecular complexity index is 297. The normalized spacial score (nSPS) is 12.9. The Morgan fingerprint density at radius 1 is 1.50 bits per heavy atom. The first kappa shape index (κ1) is 11.5. The van der Waals surface area contributed by atoms with Crippen molar-refractivity contribution in [1.29, 1.82) is 0 Å². The fraction of sp³-hybridized carbons (Fsp3) is 0.455. The maximum atomic E-state index is 13.1. The van der Waals surface area contributed by atoms with Crippen molar-refractivity contribution in [3.05, 3.63) is 34.6 Å². The van der Waals surface area contributed by atoms with Gasteiger partial charge in [-0.3, -0.25) is 0 Å². The standard InChI is InChI=1S/C11H15ClFN/c1-2-8(7-14)5-9-3-4-10(12)11(13)6-9/h3-4,6,8H,2,5,7,14H2,1H3. The van der Waals surface area contributed by atoms with E-state index in [2.05, 4.69) is 6.92 Å². The largest absolute Gasteiger partial charge is 0.330 e. The average Bonchev–Trinajstić information content (AvgIpc) is 2.19. The second-order valence-corrected chi connectivity index (χ2v) is 3.87. The molecule has 14 heavy (non-hydrogen) atoms. The number of nitrogens with two attached hydrogens (primary N) is 1. The number of rotatable bonds is 4. The quantitative estimate of drug-likeness (QED) is 0.821.